The average molecular weight is 472 g/mol. The Hall–Kier alpha value is -1.87. The van der Waals surface area contributed by atoms with Gasteiger partial charge in [-0.2, -0.15) is 18.2 Å². The molecule has 1 fully saturated rings. The van der Waals surface area contributed by atoms with Crippen molar-refractivity contribution in [1.29, 1.82) is 0 Å². The highest BCUT2D eigenvalue weighted by molar-refractivity contribution is 9.10. The first-order chi connectivity index (χ1) is 13.9. The second-order valence-corrected chi connectivity index (χ2v) is 8.26. The number of anilines is 2. The van der Waals surface area contributed by atoms with E-state index in [2.05, 4.69) is 36.5 Å². The van der Waals surface area contributed by atoms with E-state index in [4.69, 9.17) is 5.73 Å². The van der Waals surface area contributed by atoms with E-state index in [1.54, 1.807) is 12.3 Å². The molecule has 0 saturated heterocycles. The highest BCUT2D eigenvalue weighted by Gasteiger charge is 2.32. The molecule has 1 aromatic carbocycles. The predicted molar refractivity (Wildman–Crippen MR) is 111 cm³/mol. The van der Waals surface area contributed by atoms with E-state index in [-0.39, 0.29) is 18.1 Å². The summed E-state index contributed by atoms with van der Waals surface area (Å²) < 4.78 is 40.1. The van der Waals surface area contributed by atoms with Gasteiger partial charge in [0.15, 0.2) is 0 Å². The van der Waals surface area contributed by atoms with Crippen LogP contribution in [-0.4, -0.2) is 23.1 Å². The Balaban J connectivity index is 1.60. The van der Waals surface area contributed by atoms with Crippen LogP contribution in [0.4, 0.5) is 24.9 Å². The number of rotatable bonds is 7. The van der Waals surface area contributed by atoms with Gasteiger partial charge in [-0.1, -0.05) is 18.2 Å². The monoisotopic (exact) mass is 471 g/mol. The number of benzene rings is 1. The molecule has 1 aromatic heterocycles. The van der Waals surface area contributed by atoms with Crippen LogP contribution in [0.15, 0.2) is 34.9 Å². The van der Waals surface area contributed by atoms with Crippen LogP contribution >= 0.6 is 15.9 Å². The standard InChI is InChI=1S/C20H25BrF3N5/c21-17-12-28-19(27-11-15-3-1-2-4-16(15)20(22,23)24)29-18(17)26-10-14-7-5-13(9-25)6-8-14/h1-4,12-14H,5-11,25H2,(H2,26,27,28,29). The van der Waals surface area contributed by atoms with Gasteiger partial charge in [-0.15, -0.1) is 0 Å². The zero-order valence-corrected chi connectivity index (χ0v) is 17.6. The molecule has 1 saturated carbocycles. The van der Waals surface area contributed by atoms with Crippen molar-refractivity contribution in [2.24, 2.45) is 17.6 Å². The Morgan fingerprint density at radius 2 is 1.76 bits per heavy atom. The summed E-state index contributed by atoms with van der Waals surface area (Å²) in [5.41, 5.74) is 5.24. The molecule has 9 heteroatoms. The molecule has 0 unspecified atom stereocenters. The summed E-state index contributed by atoms with van der Waals surface area (Å²) in [5.74, 6) is 2.11. The summed E-state index contributed by atoms with van der Waals surface area (Å²) in [4.78, 5) is 8.57. The second-order valence-electron chi connectivity index (χ2n) is 7.40. The topological polar surface area (TPSA) is 75.9 Å². The molecule has 158 valence electrons. The van der Waals surface area contributed by atoms with Crippen molar-refractivity contribution in [2.75, 3.05) is 23.7 Å². The maximum Gasteiger partial charge on any atom is 0.416 e. The van der Waals surface area contributed by atoms with Crippen LogP contribution in [0.1, 0.15) is 36.8 Å². The van der Waals surface area contributed by atoms with Crippen LogP contribution in [0.25, 0.3) is 0 Å². The number of hydrogen-bond acceptors (Lipinski definition) is 5. The molecule has 0 bridgehead atoms. The highest BCUT2D eigenvalue weighted by Crippen LogP contribution is 2.32. The molecule has 1 aliphatic rings. The third kappa shape index (κ3) is 6.05. The lowest BCUT2D eigenvalue weighted by molar-refractivity contribution is -0.138. The number of alkyl halides is 3. The molecule has 0 radical (unpaired) electrons. The molecular formula is C20H25BrF3N5. The van der Waals surface area contributed by atoms with Crippen LogP contribution < -0.4 is 16.4 Å². The van der Waals surface area contributed by atoms with Crippen LogP contribution in [0.5, 0.6) is 0 Å². The smallest absolute Gasteiger partial charge is 0.369 e. The number of halogens is 4. The first-order valence-electron chi connectivity index (χ1n) is 9.72. The van der Waals surface area contributed by atoms with Gasteiger partial charge in [-0.05, 0) is 71.6 Å². The maximum atomic E-state index is 13.1. The van der Waals surface area contributed by atoms with E-state index >= 15 is 0 Å². The van der Waals surface area contributed by atoms with Crippen LogP contribution in [0.2, 0.25) is 0 Å². The van der Waals surface area contributed by atoms with Crippen LogP contribution in [-0.2, 0) is 12.7 Å². The lowest BCUT2D eigenvalue weighted by Crippen LogP contribution is -2.25. The van der Waals surface area contributed by atoms with Gasteiger partial charge in [-0.3, -0.25) is 0 Å². The van der Waals surface area contributed by atoms with Crippen molar-refractivity contribution in [3.63, 3.8) is 0 Å². The normalized spacial score (nSPS) is 19.8. The molecule has 0 atom stereocenters. The molecule has 1 heterocycles. The van der Waals surface area contributed by atoms with Crippen molar-refractivity contribution in [1.82, 2.24) is 9.97 Å². The quantitative estimate of drug-likeness (QED) is 0.526. The minimum absolute atomic E-state index is 0.0140. The molecule has 5 nitrogen and oxygen atoms in total. The largest absolute Gasteiger partial charge is 0.416 e. The fourth-order valence-electron chi connectivity index (χ4n) is 3.61. The first kappa shape index (κ1) is 21.8. The highest BCUT2D eigenvalue weighted by atomic mass is 79.9. The van der Waals surface area contributed by atoms with Gasteiger partial charge < -0.3 is 16.4 Å². The lowest BCUT2D eigenvalue weighted by Gasteiger charge is -2.28. The molecule has 2 aromatic rings. The van der Waals surface area contributed by atoms with E-state index in [1.165, 1.54) is 12.1 Å². The van der Waals surface area contributed by atoms with Gasteiger partial charge in [0.25, 0.3) is 0 Å². The maximum absolute atomic E-state index is 13.1. The summed E-state index contributed by atoms with van der Waals surface area (Å²) in [5, 5.41) is 6.24. The predicted octanol–water partition coefficient (Wildman–Crippen LogP) is 5.05. The Bertz CT molecular complexity index is 807. The van der Waals surface area contributed by atoms with Crippen LogP contribution in [0, 0.1) is 11.8 Å². The molecular weight excluding hydrogens is 447 g/mol. The van der Waals surface area contributed by atoms with Crippen molar-refractivity contribution < 1.29 is 13.2 Å². The van der Waals surface area contributed by atoms with Crippen molar-refractivity contribution >= 4 is 27.7 Å². The molecule has 29 heavy (non-hydrogen) atoms. The van der Waals surface area contributed by atoms with E-state index in [1.807, 2.05) is 0 Å². The fourth-order valence-corrected chi connectivity index (χ4v) is 3.95. The Labute approximate surface area is 176 Å². The third-order valence-electron chi connectivity index (χ3n) is 5.36. The van der Waals surface area contributed by atoms with Crippen molar-refractivity contribution in [3.8, 4) is 0 Å². The van der Waals surface area contributed by atoms with Crippen molar-refractivity contribution in [3.05, 3.63) is 46.1 Å². The Morgan fingerprint density at radius 1 is 1.07 bits per heavy atom. The van der Waals surface area contributed by atoms with Crippen LogP contribution in [0.3, 0.4) is 0 Å². The average Bonchev–Trinajstić information content (AvgIpc) is 2.72. The van der Waals surface area contributed by atoms with Gasteiger partial charge in [0.05, 0.1) is 10.0 Å². The van der Waals surface area contributed by atoms with Gasteiger partial charge >= 0.3 is 6.18 Å². The first-order valence-corrected chi connectivity index (χ1v) is 10.5. The molecule has 0 aliphatic heterocycles. The van der Waals surface area contributed by atoms with Gasteiger partial charge in [-0.25, -0.2) is 4.98 Å². The van der Waals surface area contributed by atoms with E-state index in [0.29, 0.717) is 17.7 Å². The number of nitrogens with one attached hydrogen (secondary N) is 2. The second kappa shape index (κ2) is 9.75. The molecule has 1 aliphatic carbocycles. The SMILES string of the molecule is NCC1CCC(CNc2nc(NCc3ccccc3C(F)(F)F)ncc2Br)CC1. The minimum atomic E-state index is -4.39. The molecule has 3 rings (SSSR count). The third-order valence-corrected chi connectivity index (χ3v) is 5.94. The number of hydrogen-bond donors (Lipinski definition) is 3. The number of nitrogens with zero attached hydrogens (tertiary/aromatic N) is 2. The minimum Gasteiger partial charge on any atom is -0.369 e. The summed E-state index contributed by atoms with van der Waals surface area (Å²) >= 11 is 3.43. The summed E-state index contributed by atoms with van der Waals surface area (Å²) in [6, 6.07) is 5.49. The summed E-state index contributed by atoms with van der Waals surface area (Å²) in [6.07, 6.45) is 1.78. The van der Waals surface area contributed by atoms with Gasteiger partial charge in [0.2, 0.25) is 5.95 Å². The zero-order valence-electron chi connectivity index (χ0n) is 16.0. The summed E-state index contributed by atoms with van der Waals surface area (Å²) in [7, 11) is 0. The Morgan fingerprint density at radius 3 is 2.45 bits per heavy atom. The molecule has 4 N–H and O–H groups in total. The van der Waals surface area contributed by atoms with E-state index in [0.717, 1.165) is 49.3 Å². The van der Waals surface area contributed by atoms with E-state index in [9.17, 15) is 13.2 Å². The van der Waals surface area contributed by atoms with Crippen molar-refractivity contribution in [2.45, 2.75) is 38.4 Å². The number of nitrogens with two attached hydrogens (primary N) is 1. The molecule has 0 spiro atoms. The van der Waals surface area contributed by atoms with Gasteiger partial charge in [0, 0.05) is 19.3 Å². The lowest BCUT2D eigenvalue weighted by atomic mass is 9.82. The fraction of sp³-hybridized carbons (Fsp3) is 0.500. The van der Waals surface area contributed by atoms with Gasteiger partial charge in [0.1, 0.15) is 5.82 Å². The Kier molecular flexibility index (Phi) is 7.34. The van der Waals surface area contributed by atoms with E-state index < -0.39 is 11.7 Å². The zero-order chi connectivity index (χ0) is 20.9. The summed E-state index contributed by atoms with van der Waals surface area (Å²) in [6.45, 7) is 1.53. The number of aromatic nitrogens is 2. The molecule has 0 amide bonds.